The fourth-order valence-corrected chi connectivity index (χ4v) is 2.33. The van der Waals surface area contributed by atoms with Gasteiger partial charge in [-0.3, -0.25) is 0 Å². The predicted molar refractivity (Wildman–Crippen MR) is 67.6 cm³/mol. The van der Waals surface area contributed by atoms with Gasteiger partial charge in [0, 0.05) is 11.3 Å². The van der Waals surface area contributed by atoms with Gasteiger partial charge in [0.1, 0.15) is 5.69 Å². The highest BCUT2D eigenvalue weighted by Gasteiger charge is 2.20. The maximum atomic E-state index is 13.4. The summed E-state index contributed by atoms with van der Waals surface area (Å²) in [5.74, 6) is -6.25. The van der Waals surface area contributed by atoms with Crippen molar-refractivity contribution >= 4 is 17.0 Å². The van der Waals surface area contributed by atoms with Crippen LogP contribution in [0.15, 0.2) is 5.38 Å². The highest BCUT2D eigenvalue weighted by Crippen LogP contribution is 2.24. The van der Waals surface area contributed by atoms with Crippen LogP contribution in [-0.2, 0) is 6.54 Å². The Bertz CT molecular complexity index is 601. The van der Waals surface area contributed by atoms with Gasteiger partial charge in [-0.2, -0.15) is 22.5 Å². The van der Waals surface area contributed by atoms with Crippen LogP contribution >= 0.6 is 11.3 Å². The quantitative estimate of drug-likeness (QED) is 0.689. The summed E-state index contributed by atoms with van der Waals surface area (Å²) in [7, 11) is 0. The second-order valence-electron chi connectivity index (χ2n) is 4.38. The number of rotatable bonds is 4. The first kappa shape index (κ1) is 14.7. The zero-order valence-electron chi connectivity index (χ0n) is 10.7. The van der Waals surface area contributed by atoms with Gasteiger partial charge in [-0.05, 0) is 0 Å². The summed E-state index contributed by atoms with van der Waals surface area (Å²) in [6.07, 6.45) is 0. The van der Waals surface area contributed by atoms with Gasteiger partial charge >= 0.3 is 0 Å². The second kappa shape index (κ2) is 5.74. The van der Waals surface area contributed by atoms with Crippen LogP contribution in [0.25, 0.3) is 0 Å². The average Bonchev–Trinajstić information content (AvgIpc) is 2.85. The lowest BCUT2D eigenvalue weighted by molar-refractivity contribution is 0.410. The third kappa shape index (κ3) is 2.90. The number of hydrogen-bond donors (Lipinski definition) is 1. The van der Waals surface area contributed by atoms with Gasteiger partial charge in [-0.25, -0.2) is 4.98 Å². The highest BCUT2D eigenvalue weighted by molar-refractivity contribution is 7.09. The van der Waals surface area contributed by atoms with Crippen LogP contribution in [0.5, 0.6) is 0 Å². The van der Waals surface area contributed by atoms with E-state index in [1.807, 2.05) is 13.8 Å². The number of halogens is 4. The van der Waals surface area contributed by atoms with E-state index in [1.165, 1.54) is 11.3 Å². The Morgan fingerprint density at radius 3 is 2.20 bits per heavy atom. The Hall–Kier alpha value is -1.70. The molecule has 0 unspecified atom stereocenters. The molecular weight excluding hydrogens is 294 g/mol. The first-order valence-corrected chi connectivity index (χ1v) is 6.66. The predicted octanol–water partition coefficient (Wildman–Crippen LogP) is 3.83. The molecule has 0 aliphatic carbocycles. The molecule has 0 aliphatic heterocycles. The summed E-state index contributed by atoms with van der Waals surface area (Å²) >= 11 is 1.41. The molecule has 2 rings (SSSR count). The zero-order chi connectivity index (χ0) is 14.9. The van der Waals surface area contributed by atoms with Crippen molar-refractivity contribution in [1.82, 2.24) is 9.97 Å². The molecule has 2 heterocycles. The SMILES string of the molecule is CC(C)c1nc(CNc2c(F)c(F)nc(F)c2F)cs1. The summed E-state index contributed by atoms with van der Waals surface area (Å²) in [6.45, 7) is 3.88. The van der Waals surface area contributed by atoms with E-state index in [1.54, 1.807) is 5.38 Å². The van der Waals surface area contributed by atoms with Crippen LogP contribution in [0.4, 0.5) is 23.2 Å². The van der Waals surface area contributed by atoms with Crippen molar-refractivity contribution in [3.63, 3.8) is 0 Å². The molecule has 0 amide bonds. The van der Waals surface area contributed by atoms with Crippen molar-refractivity contribution in [3.8, 4) is 0 Å². The lowest BCUT2D eigenvalue weighted by Gasteiger charge is -2.08. The van der Waals surface area contributed by atoms with Crippen LogP contribution < -0.4 is 5.32 Å². The van der Waals surface area contributed by atoms with Crippen molar-refractivity contribution in [2.75, 3.05) is 5.32 Å². The summed E-state index contributed by atoms with van der Waals surface area (Å²) in [4.78, 5) is 6.72. The third-order valence-electron chi connectivity index (χ3n) is 2.51. The number of pyridine rings is 1. The average molecular weight is 305 g/mol. The molecule has 1 N–H and O–H groups in total. The monoisotopic (exact) mass is 305 g/mol. The maximum absolute atomic E-state index is 13.4. The molecular formula is C12H11F4N3S. The van der Waals surface area contributed by atoms with E-state index in [-0.39, 0.29) is 12.5 Å². The molecule has 0 atom stereocenters. The summed E-state index contributed by atoms with van der Waals surface area (Å²) in [5.41, 5.74) is -0.343. The normalized spacial score (nSPS) is 11.2. The van der Waals surface area contributed by atoms with Crippen molar-refractivity contribution in [3.05, 3.63) is 39.6 Å². The van der Waals surface area contributed by atoms with E-state index >= 15 is 0 Å². The molecule has 8 heteroatoms. The first-order valence-electron chi connectivity index (χ1n) is 5.78. The Balaban J connectivity index is 2.18. The van der Waals surface area contributed by atoms with Crippen molar-refractivity contribution < 1.29 is 17.6 Å². The number of thiazole rings is 1. The Kier molecular flexibility index (Phi) is 4.22. The Labute approximate surface area is 116 Å². The minimum Gasteiger partial charge on any atom is -0.374 e. The van der Waals surface area contributed by atoms with Crippen LogP contribution in [0, 0.1) is 23.5 Å². The van der Waals surface area contributed by atoms with Crippen LogP contribution in [0.2, 0.25) is 0 Å². The lowest BCUT2D eigenvalue weighted by atomic mass is 10.2. The number of aromatic nitrogens is 2. The van der Waals surface area contributed by atoms with Gasteiger partial charge in [0.2, 0.25) is 11.6 Å². The van der Waals surface area contributed by atoms with Gasteiger partial charge in [0.15, 0.2) is 0 Å². The van der Waals surface area contributed by atoms with Crippen molar-refractivity contribution in [2.24, 2.45) is 0 Å². The van der Waals surface area contributed by atoms with Crippen LogP contribution in [0.1, 0.15) is 30.5 Å². The highest BCUT2D eigenvalue weighted by atomic mass is 32.1. The van der Waals surface area contributed by atoms with Gasteiger partial charge in [-0.15, -0.1) is 11.3 Å². The van der Waals surface area contributed by atoms with E-state index in [9.17, 15) is 17.6 Å². The van der Waals surface area contributed by atoms with Crippen molar-refractivity contribution in [1.29, 1.82) is 0 Å². The van der Waals surface area contributed by atoms with E-state index < -0.39 is 29.2 Å². The summed E-state index contributed by atoms with van der Waals surface area (Å²) in [6, 6.07) is 0. The fraction of sp³-hybridized carbons (Fsp3) is 0.333. The lowest BCUT2D eigenvalue weighted by Crippen LogP contribution is -2.09. The molecule has 0 aliphatic rings. The number of hydrogen-bond acceptors (Lipinski definition) is 4. The molecule has 0 saturated carbocycles. The maximum Gasteiger partial charge on any atom is 0.253 e. The topological polar surface area (TPSA) is 37.8 Å². The minimum absolute atomic E-state index is 0.0417. The first-order chi connectivity index (χ1) is 9.40. The van der Waals surface area contributed by atoms with E-state index in [0.717, 1.165) is 5.01 Å². The Morgan fingerprint density at radius 1 is 1.10 bits per heavy atom. The van der Waals surface area contributed by atoms with Gasteiger partial charge < -0.3 is 5.32 Å². The molecule has 20 heavy (non-hydrogen) atoms. The molecule has 0 bridgehead atoms. The zero-order valence-corrected chi connectivity index (χ0v) is 11.5. The van der Waals surface area contributed by atoms with Crippen molar-refractivity contribution in [2.45, 2.75) is 26.3 Å². The smallest absolute Gasteiger partial charge is 0.253 e. The molecule has 0 fully saturated rings. The second-order valence-corrected chi connectivity index (χ2v) is 5.27. The third-order valence-corrected chi connectivity index (χ3v) is 3.70. The minimum atomic E-state index is -1.69. The van der Waals surface area contributed by atoms with E-state index in [2.05, 4.69) is 15.3 Å². The Morgan fingerprint density at radius 2 is 1.70 bits per heavy atom. The fourth-order valence-electron chi connectivity index (χ4n) is 1.49. The molecule has 0 aromatic carbocycles. The molecule has 2 aromatic heterocycles. The summed E-state index contributed by atoms with van der Waals surface area (Å²) < 4.78 is 52.5. The largest absolute Gasteiger partial charge is 0.374 e. The van der Waals surface area contributed by atoms with Gasteiger partial charge in [0.25, 0.3) is 11.9 Å². The summed E-state index contributed by atoms with van der Waals surface area (Å²) in [5, 5.41) is 4.89. The number of nitrogens with zero attached hydrogens (tertiary/aromatic N) is 2. The molecule has 0 spiro atoms. The van der Waals surface area contributed by atoms with E-state index in [0.29, 0.717) is 5.69 Å². The number of anilines is 1. The molecule has 0 radical (unpaired) electrons. The molecule has 2 aromatic rings. The van der Waals surface area contributed by atoms with Gasteiger partial charge in [0.05, 0.1) is 17.2 Å². The van der Waals surface area contributed by atoms with Gasteiger partial charge in [-0.1, -0.05) is 13.8 Å². The molecule has 0 saturated heterocycles. The van der Waals surface area contributed by atoms with Crippen LogP contribution in [-0.4, -0.2) is 9.97 Å². The molecule has 3 nitrogen and oxygen atoms in total. The molecule has 108 valence electrons. The van der Waals surface area contributed by atoms with E-state index in [4.69, 9.17) is 0 Å². The number of nitrogens with one attached hydrogen (secondary N) is 1. The standard InChI is InChI=1S/C12H11F4N3S/c1-5(2)12-18-6(4-20-12)3-17-9-7(13)10(15)19-11(16)8(9)14/h4-5H,3H2,1-2H3,(H,17,19). The van der Waals surface area contributed by atoms with Crippen LogP contribution in [0.3, 0.4) is 0 Å².